The highest BCUT2D eigenvalue weighted by Gasteiger charge is 2.13. The number of carbonyl (C=O) groups is 1. The van der Waals surface area contributed by atoms with E-state index >= 15 is 0 Å². The number of carboxylic acids is 1. The smallest absolute Gasteiger partial charge is 0.346 e. The van der Waals surface area contributed by atoms with Crippen LogP contribution in [0.4, 0.5) is 14.5 Å². The lowest BCUT2D eigenvalue weighted by Gasteiger charge is -2.24. The van der Waals surface area contributed by atoms with Gasteiger partial charge in [-0.25, -0.2) is 13.6 Å². The molecule has 0 saturated heterocycles. The van der Waals surface area contributed by atoms with Gasteiger partial charge in [0.05, 0.1) is 0 Å². The fourth-order valence-corrected chi connectivity index (χ4v) is 4.71. The number of hydrogen-bond donors (Lipinski definition) is 1. The normalized spacial score (nSPS) is 11.8. The number of unbranched alkanes of at least 4 members (excludes halogenated alkanes) is 2. The zero-order chi connectivity index (χ0) is 28.2. The molecule has 4 nitrogen and oxygen atoms in total. The van der Waals surface area contributed by atoms with Crippen molar-refractivity contribution in [1.29, 1.82) is 5.26 Å². The number of hydrogen-bond acceptors (Lipinski definition) is 4. The van der Waals surface area contributed by atoms with Crippen molar-refractivity contribution in [2.75, 3.05) is 18.0 Å². The summed E-state index contributed by atoms with van der Waals surface area (Å²) in [4.78, 5) is 15.4. The molecule has 3 rings (SSSR count). The summed E-state index contributed by atoms with van der Waals surface area (Å²) in [6, 6.07) is 16.1. The predicted molar refractivity (Wildman–Crippen MR) is 158 cm³/mol. The van der Waals surface area contributed by atoms with Crippen LogP contribution in [0.1, 0.15) is 66.0 Å². The highest BCUT2D eigenvalue weighted by Crippen LogP contribution is 2.24. The summed E-state index contributed by atoms with van der Waals surface area (Å²) in [5.41, 5.74) is 1.34. The molecule has 0 fully saturated rings. The first-order valence-electron chi connectivity index (χ1n) is 13.0. The molecule has 2 aromatic carbocycles. The highest BCUT2D eigenvalue weighted by atomic mass is 32.1. The molecular formula is C32H32F2N2O2S. The van der Waals surface area contributed by atoms with Gasteiger partial charge in [-0.3, -0.25) is 0 Å². The molecule has 0 atom stereocenters. The third-order valence-electron chi connectivity index (χ3n) is 6.09. The van der Waals surface area contributed by atoms with E-state index in [1.807, 2.05) is 18.2 Å². The molecular weight excluding hydrogens is 514 g/mol. The van der Waals surface area contributed by atoms with Crippen molar-refractivity contribution in [3.63, 3.8) is 0 Å². The van der Waals surface area contributed by atoms with Gasteiger partial charge in [0.15, 0.2) is 0 Å². The Hall–Kier alpha value is -4.02. The van der Waals surface area contributed by atoms with E-state index in [0.29, 0.717) is 6.08 Å². The van der Waals surface area contributed by atoms with Crippen LogP contribution < -0.4 is 4.90 Å². The molecule has 0 aliphatic rings. The number of nitrogens with zero attached hydrogens (tertiary/aromatic N) is 2. The molecule has 0 spiro atoms. The summed E-state index contributed by atoms with van der Waals surface area (Å²) in [6.07, 6.45) is 12.9. The average molecular weight is 547 g/mol. The van der Waals surface area contributed by atoms with Crippen molar-refractivity contribution in [2.45, 2.75) is 39.5 Å². The number of carboxylic acid groups (broad SMARTS) is 1. The zero-order valence-corrected chi connectivity index (χ0v) is 23.0. The minimum atomic E-state index is -1.55. The van der Waals surface area contributed by atoms with E-state index in [-0.39, 0.29) is 5.56 Å². The van der Waals surface area contributed by atoms with Gasteiger partial charge in [0, 0.05) is 34.1 Å². The van der Waals surface area contributed by atoms with E-state index in [9.17, 15) is 13.6 Å². The van der Waals surface area contributed by atoms with E-state index in [1.54, 1.807) is 23.5 Å². The Morgan fingerprint density at radius 1 is 0.897 bits per heavy atom. The molecule has 0 bridgehead atoms. The summed E-state index contributed by atoms with van der Waals surface area (Å²) in [6.45, 7) is 6.58. The topological polar surface area (TPSA) is 64.3 Å². The molecule has 1 heterocycles. The van der Waals surface area contributed by atoms with Crippen LogP contribution in [0.2, 0.25) is 0 Å². The molecule has 3 aromatic rings. The number of aliphatic carboxylic acids is 1. The van der Waals surface area contributed by atoms with Crippen molar-refractivity contribution in [3.8, 4) is 6.07 Å². The lowest BCUT2D eigenvalue weighted by Crippen LogP contribution is -2.25. The van der Waals surface area contributed by atoms with Gasteiger partial charge in [0.1, 0.15) is 23.3 Å². The standard InChI is InChI=1S/C32H32F2N2O2S/c1-3-5-17-36(18-6-4-2)26-11-7-23(8-12-26)9-13-27-15-16-28(39-27)14-10-24-19-30(33)29(31(34)20-24)21-25(22-35)32(37)38/h7-16,19-21H,3-6,17-18H2,1-2H3,(H,37,38)/b13-9+,14-10+,25-21-. The van der Waals surface area contributed by atoms with Gasteiger partial charge >= 0.3 is 5.97 Å². The summed E-state index contributed by atoms with van der Waals surface area (Å²) >= 11 is 1.54. The Bertz CT molecular complexity index is 1370. The molecule has 0 aliphatic carbocycles. The Labute approximate surface area is 232 Å². The monoisotopic (exact) mass is 546 g/mol. The van der Waals surface area contributed by atoms with Crippen molar-refractivity contribution >= 4 is 53.4 Å². The number of halogens is 2. The van der Waals surface area contributed by atoms with E-state index in [2.05, 4.69) is 49.1 Å². The maximum absolute atomic E-state index is 14.4. The Morgan fingerprint density at radius 3 is 1.92 bits per heavy atom. The molecule has 0 saturated carbocycles. The summed E-state index contributed by atoms with van der Waals surface area (Å²) < 4.78 is 28.8. The third-order valence-corrected chi connectivity index (χ3v) is 7.11. The molecule has 0 unspecified atom stereocenters. The van der Waals surface area contributed by atoms with Crippen LogP contribution in [0.25, 0.3) is 30.4 Å². The van der Waals surface area contributed by atoms with Crippen LogP contribution in [-0.4, -0.2) is 24.2 Å². The highest BCUT2D eigenvalue weighted by molar-refractivity contribution is 7.13. The van der Waals surface area contributed by atoms with Crippen molar-refractivity contribution in [1.82, 2.24) is 0 Å². The van der Waals surface area contributed by atoms with Crippen LogP contribution in [-0.2, 0) is 4.79 Å². The first-order chi connectivity index (χ1) is 18.8. The third kappa shape index (κ3) is 8.76. The molecule has 0 radical (unpaired) electrons. The van der Waals surface area contributed by atoms with Gasteiger partial charge in [-0.2, -0.15) is 5.26 Å². The fraction of sp³-hybridized carbons (Fsp3) is 0.250. The summed E-state index contributed by atoms with van der Waals surface area (Å²) in [5, 5.41) is 17.7. The van der Waals surface area contributed by atoms with Crippen molar-refractivity contribution < 1.29 is 18.7 Å². The van der Waals surface area contributed by atoms with Crippen LogP contribution in [0.5, 0.6) is 0 Å². The second-order valence-corrected chi connectivity index (χ2v) is 10.2. The maximum atomic E-state index is 14.4. The molecule has 7 heteroatoms. The van der Waals surface area contributed by atoms with Gasteiger partial charge in [-0.1, -0.05) is 51.0 Å². The van der Waals surface area contributed by atoms with E-state index < -0.39 is 28.7 Å². The summed E-state index contributed by atoms with van der Waals surface area (Å²) in [5.74, 6) is -3.43. The fourth-order valence-electron chi connectivity index (χ4n) is 3.89. The maximum Gasteiger partial charge on any atom is 0.346 e. The number of benzene rings is 2. The van der Waals surface area contributed by atoms with Crippen molar-refractivity contribution in [3.05, 3.63) is 92.2 Å². The van der Waals surface area contributed by atoms with Gasteiger partial charge in [-0.15, -0.1) is 11.3 Å². The number of nitriles is 1. The van der Waals surface area contributed by atoms with Gasteiger partial charge in [-0.05, 0) is 78.6 Å². The second kappa shape index (κ2) is 14.8. The number of anilines is 1. The van der Waals surface area contributed by atoms with Crippen LogP contribution in [0, 0.1) is 23.0 Å². The lowest BCUT2D eigenvalue weighted by atomic mass is 10.1. The first kappa shape index (κ1) is 29.5. The van der Waals surface area contributed by atoms with Crippen LogP contribution in [0.3, 0.4) is 0 Å². The molecule has 39 heavy (non-hydrogen) atoms. The van der Waals surface area contributed by atoms with Crippen molar-refractivity contribution in [2.24, 2.45) is 0 Å². The minimum Gasteiger partial charge on any atom is -0.477 e. The molecule has 0 amide bonds. The predicted octanol–water partition coefficient (Wildman–Crippen LogP) is 8.77. The molecule has 0 aliphatic heterocycles. The summed E-state index contributed by atoms with van der Waals surface area (Å²) in [7, 11) is 0. The van der Waals surface area contributed by atoms with E-state index in [4.69, 9.17) is 10.4 Å². The average Bonchev–Trinajstić information content (AvgIpc) is 3.38. The molecule has 1 N–H and O–H groups in total. The van der Waals surface area contributed by atoms with E-state index in [0.717, 1.165) is 40.5 Å². The van der Waals surface area contributed by atoms with Gasteiger partial charge < -0.3 is 10.0 Å². The van der Waals surface area contributed by atoms with Crippen LogP contribution in [0.15, 0.2) is 54.1 Å². The lowest BCUT2D eigenvalue weighted by molar-refractivity contribution is -0.132. The van der Waals surface area contributed by atoms with Crippen LogP contribution >= 0.6 is 11.3 Å². The Morgan fingerprint density at radius 2 is 1.44 bits per heavy atom. The second-order valence-electron chi connectivity index (χ2n) is 9.07. The quantitative estimate of drug-likeness (QED) is 0.172. The molecule has 1 aromatic heterocycles. The van der Waals surface area contributed by atoms with Gasteiger partial charge in [0.2, 0.25) is 0 Å². The minimum absolute atomic E-state index is 0.286. The Balaban J connectivity index is 1.67. The SMILES string of the molecule is CCCCN(CCCC)c1ccc(/C=C/c2ccc(/C=C/c3cc(F)c(/C=C(/C#N)C(=O)O)c(F)c3)s2)cc1. The van der Waals surface area contributed by atoms with E-state index in [1.165, 1.54) is 37.4 Å². The zero-order valence-electron chi connectivity index (χ0n) is 22.2. The number of rotatable bonds is 13. The molecule has 202 valence electrons. The largest absolute Gasteiger partial charge is 0.477 e. The number of thiophene rings is 1. The van der Waals surface area contributed by atoms with Gasteiger partial charge in [0.25, 0.3) is 0 Å². The Kier molecular flexibility index (Phi) is 11.2. The first-order valence-corrected chi connectivity index (χ1v) is 13.8.